The van der Waals surface area contributed by atoms with Crippen LogP contribution in [0.15, 0.2) is 72.9 Å². The van der Waals surface area contributed by atoms with Gasteiger partial charge in [-0.05, 0) is 109 Å². The van der Waals surface area contributed by atoms with Gasteiger partial charge in [0, 0.05) is 19.3 Å². The molecular weight excluding hydrogens is 973 g/mol. The Labute approximate surface area is 491 Å². The smallest absolute Gasteiger partial charge is 0.306 e. The summed E-state index contributed by atoms with van der Waals surface area (Å²) in [5.41, 5.74) is 0. The maximum Gasteiger partial charge on any atom is 0.306 e. The van der Waals surface area contributed by atoms with Crippen molar-refractivity contribution in [1.29, 1.82) is 0 Å². The van der Waals surface area contributed by atoms with Gasteiger partial charge in [0.2, 0.25) is 0 Å². The first-order valence-corrected chi connectivity index (χ1v) is 34.4. The van der Waals surface area contributed by atoms with Crippen LogP contribution in [0.5, 0.6) is 0 Å². The Hall–Kier alpha value is -3.15. The highest BCUT2D eigenvalue weighted by atomic mass is 16.6. The second kappa shape index (κ2) is 67.4. The largest absolute Gasteiger partial charge is 0.462 e. The molecule has 0 saturated carbocycles. The molecule has 1 unspecified atom stereocenters. The Bertz CT molecular complexity index is 1450. The molecule has 0 bridgehead atoms. The molecular formula is C73H130O6. The second-order valence-corrected chi connectivity index (χ2v) is 23.1. The minimum absolute atomic E-state index is 0.0803. The molecule has 0 aromatic carbocycles. The maximum absolute atomic E-state index is 12.9. The Kier molecular flexibility index (Phi) is 64.7. The molecule has 0 aliphatic carbocycles. The van der Waals surface area contributed by atoms with E-state index < -0.39 is 6.10 Å². The number of unbranched alkanes of at least 4 members (excludes halogenated alkanes) is 40. The monoisotopic (exact) mass is 1100 g/mol. The van der Waals surface area contributed by atoms with Gasteiger partial charge in [0.15, 0.2) is 6.10 Å². The van der Waals surface area contributed by atoms with Crippen LogP contribution in [0.3, 0.4) is 0 Å². The van der Waals surface area contributed by atoms with Gasteiger partial charge in [0.1, 0.15) is 13.2 Å². The fraction of sp³-hybridized carbons (Fsp3) is 0.795. The van der Waals surface area contributed by atoms with Crippen molar-refractivity contribution >= 4 is 17.9 Å². The standard InChI is InChI=1S/C73H130O6/c1-4-7-10-13-16-19-22-25-27-29-30-31-32-33-34-35-36-37-38-39-40-41-42-44-45-48-51-54-57-60-63-66-72(75)78-69-70(68-77-71(74)65-62-59-56-53-50-47-24-21-18-15-12-9-6-3)79-73(76)67-64-61-58-55-52-49-46-43-28-26-23-20-17-14-11-8-5-2/h12,15,17,20-22,24-26,28-30,70H,4-11,13-14,16,18-19,23,27,31-69H2,1-3H3/b15-12-,20-17-,24-21-,25-22-,28-26-,30-29-. The number of hydrogen-bond donors (Lipinski definition) is 0. The number of carbonyl (C=O) groups excluding carboxylic acids is 3. The van der Waals surface area contributed by atoms with Gasteiger partial charge in [-0.1, -0.05) is 299 Å². The van der Waals surface area contributed by atoms with Crippen molar-refractivity contribution < 1.29 is 28.6 Å². The molecule has 0 rings (SSSR count). The Morgan fingerprint density at radius 2 is 0.481 bits per heavy atom. The average Bonchev–Trinajstić information content (AvgIpc) is 3.45. The topological polar surface area (TPSA) is 78.9 Å². The van der Waals surface area contributed by atoms with E-state index in [4.69, 9.17) is 14.2 Å². The minimum Gasteiger partial charge on any atom is -0.462 e. The molecule has 0 saturated heterocycles. The second-order valence-electron chi connectivity index (χ2n) is 23.1. The third-order valence-electron chi connectivity index (χ3n) is 15.1. The number of hydrogen-bond acceptors (Lipinski definition) is 6. The predicted molar refractivity (Wildman–Crippen MR) is 344 cm³/mol. The summed E-state index contributed by atoms with van der Waals surface area (Å²) in [5.74, 6) is -0.886. The summed E-state index contributed by atoms with van der Waals surface area (Å²) in [7, 11) is 0. The normalized spacial score (nSPS) is 12.5. The summed E-state index contributed by atoms with van der Waals surface area (Å²) in [4.78, 5) is 38.3. The third kappa shape index (κ3) is 65.5. The van der Waals surface area contributed by atoms with Crippen LogP contribution < -0.4 is 0 Å². The van der Waals surface area contributed by atoms with Gasteiger partial charge in [-0.3, -0.25) is 14.4 Å². The molecule has 0 aliphatic heterocycles. The van der Waals surface area contributed by atoms with Crippen LogP contribution in [0.4, 0.5) is 0 Å². The SMILES string of the molecule is CCC/C=C\C/C=C\CCCCCCCC(=O)OCC(COC(=O)CCCCCCCCCCCCCCCCCCCCC/C=C\C/C=C\CCCCCCC)OC(=O)CCCCCCCCC/C=C\C/C=C\CCCCC. The Balaban J connectivity index is 4.18. The molecule has 79 heavy (non-hydrogen) atoms. The van der Waals surface area contributed by atoms with Crippen molar-refractivity contribution in [3.63, 3.8) is 0 Å². The molecule has 0 aromatic heterocycles. The molecule has 0 amide bonds. The van der Waals surface area contributed by atoms with E-state index in [0.29, 0.717) is 19.3 Å². The molecule has 458 valence electrons. The maximum atomic E-state index is 12.9. The van der Waals surface area contributed by atoms with Crippen molar-refractivity contribution in [3.8, 4) is 0 Å². The number of carbonyl (C=O) groups is 3. The molecule has 0 N–H and O–H groups in total. The minimum atomic E-state index is -0.785. The summed E-state index contributed by atoms with van der Waals surface area (Å²) in [5, 5.41) is 0. The first-order chi connectivity index (χ1) is 39.0. The van der Waals surface area contributed by atoms with Gasteiger partial charge in [-0.15, -0.1) is 0 Å². The first kappa shape index (κ1) is 75.8. The van der Waals surface area contributed by atoms with Crippen LogP contribution >= 0.6 is 0 Å². The highest BCUT2D eigenvalue weighted by Crippen LogP contribution is 2.17. The predicted octanol–water partition coefficient (Wildman–Crippen LogP) is 23.7. The van der Waals surface area contributed by atoms with Crippen molar-refractivity contribution in [1.82, 2.24) is 0 Å². The van der Waals surface area contributed by atoms with E-state index in [1.165, 1.54) is 212 Å². The third-order valence-corrected chi connectivity index (χ3v) is 15.1. The summed E-state index contributed by atoms with van der Waals surface area (Å²) < 4.78 is 16.9. The highest BCUT2D eigenvalue weighted by molar-refractivity contribution is 5.71. The van der Waals surface area contributed by atoms with Crippen LogP contribution in [-0.2, 0) is 28.6 Å². The van der Waals surface area contributed by atoms with Crippen LogP contribution in [0.2, 0.25) is 0 Å². The van der Waals surface area contributed by atoms with Gasteiger partial charge < -0.3 is 14.2 Å². The quantitative estimate of drug-likeness (QED) is 0.0261. The zero-order valence-electron chi connectivity index (χ0n) is 52.6. The molecule has 0 heterocycles. The van der Waals surface area contributed by atoms with Crippen LogP contribution in [0.25, 0.3) is 0 Å². The number of ether oxygens (including phenoxy) is 3. The van der Waals surface area contributed by atoms with Crippen LogP contribution in [-0.4, -0.2) is 37.2 Å². The van der Waals surface area contributed by atoms with Crippen LogP contribution in [0, 0.1) is 0 Å². The van der Waals surface area contributed by atoms with Crippen molar-refractivity contribution in [3.05, 3.63) is 72.9 Å². The molecule has 1 atom stereocenters. The highest BCUT2D eigenvalue weighted by Gasteiger charge is 2.19. The van der Waals surface area contributed by atoms with E-state index in [0.717, 1.165) is 103 Å². The van der Waals surface area contributed by atoms with Crippen molar-refractivity contribution in [2.24, 2.45) is 0 Å². The number of rotatable bonds is 63. The van der Waals surface area contributed by atoms with Gasteiger partial charge in [0.05, 0.1) is 0 Å². The van der Waals surface area contributed by atoms with Gasteiger partial charge in [-0.25, -0.2) is 0 Å². The number of esters is 3. The molecule has 0 radical (unpaired) electrons. The van der Waals surface area contributed by atoms with Crippen LogP contribution in [0.1, 0.15) is 355 Å². The summed E-state index contributed by atoms with van der Waals surface area (Å²) in [6.45, 7) is 6.56. The van der Waals surface area contributed by atoms with Crippen molar-refractivity contribution in [2.45, 2.75) is 361 Å². The van der Waals surface area contributed by atoms with E-state index in [1.54, 1.807) is 0 Å². The lowest BCUT2D eigenvalue weighted by Crippen LogP contribution is -2.30. The van der Waals surface area contributed by atoms with E-state index in [-0.39, 0.29) is 31.1 Å². The molecule has 6 nitrogen and oxygen atoms in total. The fourth-order valence-electron chi connectivity index (χ4n) is 9.96. The molecule has 6 heteroatoms. The average molecular weight is 1100 g/mol. The fourth-order valence-corrected chi connectivity index (χ4v) is 9.96. The lowest BCUT2D eigenvalue weighted by atomic mass is 10.0. The zero-order valence-corrected chi connectivity index (χ0v) is 52.6. The van der Waals surface area contributed by atoms with Gasteiger partial charge >= 0.3 is 17.9 Å². The van der Waals surface area contributed by atoms with Crippen molar-refractivity contribution in [2.75, 3.05) is 13.2 Å². The first-order valence-electron chi connectivity index (χ1n) is 34.4. The zero-order chi connectivity index (χ0) is 57.1. The molecule has 0 aliphatic rings. The van der Waals surface area contributed by atoms with E-state index >= 15 is 0 Å². The van der Waals surface area contributed by atoms with E-state index in [1.807, 2.05) is 0 Å². The van der Waals surface area contributed by atoms with E-state index in [2.05, 4.69) is 93.7 Å². The molecule has 0 fully saturated rings. The summed E-state index contributed by atoms with van der Waals surface area (Å²) >= 11 is 0. The van der Waals surface area contributed by atoms with Gasteiger partial charge in [-0.2, -0.15) is 0 Å². The lowest BCUT2D eigenvalue weighted by molar-refractivity contribution is -0.167. The lowest BCUT2D eigenvalue weighted by Gasteiger charge is -2.18. The molecule has 0 aromatic rings. The number of allylic oxidation sites excluding steroid dienone is 12. The molecule has 0 spiro atoms. The van der Waals surface area contributed by atoms with E-state index in [9.17, 15) is 14.4 Å². The van der Waals surface area contributed by atoms with Gasteiger partial charge in [0.25, 0.3) is 0 Å². The summed E-state index contributed by atoms with van der Waals surface area (Å²) in [6.07, 6.45) is 87.9. The Morgan fingerprint density at radius 1 is 0.253 bits per heavy atom. The Morgan fingerprint density at radius 3 is 0.772 bits per heavy atom. The summed E-state index contributed by atoms with van der Waals surface area (Å²) in [6, 6.07) is 0.